The molecule has 0 saturated heterocycles. The summed E-state index contributed by atoms with van der Waals surface area (Å²) in [7, 11) is 0. The van der Waals surface area contributed by atoms with Crippen LogP contribution in [-0.2, 0) is 32.1 Å². The maximum absolute atomic E-state index is 13.3. The minimum Gasteiger partial charge on any atom is -0.443 e. The van der Waals surface area contributed by atoms with E-state index in [1.807, 2.05) is 61.6 Å². The summed E-state index contributed by atoms with van der Waals surface area (Å²) < 4.78 is 5.36. The first-order valence-corrected chi connectivity index (χ1v) is 17.7. The molecule has 0 unspecified atom stereocenters. The normalized spacial score (nSPS) is 15.0. The number of rotatable bonds is 19. The third kappa shape index (κ3) is 14.2. The van der Waals surface area contributed by atoms with Crippen molar-refractivity contribution in [1.82, 2.24) is 26.3 Å². The van der Waals surface area contributed by atoms with E-state index in [0.29, 0.717) is 24.4 Å². The molecule has 11 nitrogen and oxygen atoms in total. The molecule has 0 aliphatic heterocycles. The van der Waals surface area contributed by atoms with E-state index in [1.165, 1.54) is 11.8 Å². The van der Waals surface area contributed by atoms with Gasteiger partial charge in [-0.15, -0.1) is 11.3 Å². The van der Waals surface area contributed by atoms with Crippen molar-refractivity contribution in [3.05, 3.63) is 15.6 Å². The maximum atomic E-state index is 13.3. The first kappa shape index (κ1) is 39.6. The molecule has 0 spiro atoms. The number of carbonyl (C=O) groups is 4. The summed E-state index contributed by atoms with van der Waals surface area (Å²) in [6, 6.07) is -2.24. The number of aliphatic hydroxyl groups is 1. The summed E-state index contributed by atoms with van der Waals surface area (Å²) in [6.45, 7) is 17.8. The Hall–Kier alpha value is -2.38. The number of aromatic nitrogens is 1. The van der Waals surface area contributed by atoms with Crippen molar-refractivity contribution in [2.75, 3.05) is 18.6 Å². The summed E-state index contributed by atoms with van der Waals surface area (Å²) in [4.78, 5) is 57.1. The number of carbonyl (C=O) groups excluding carboxylic acids is 4. The highest BCUT2D eigenvalue weighted by molar-refractivity contribution is 7.98. The van der Waals surface area contributed by atoms with Crippen LogP contribution in [0.15, 0.2) is 0 Å². The summed E-state index contributed by atoms with van der Waals surface area (Å²) in [6.07, 6.45) is 1.41. The Morgan fingerprint density at radius 3 is 2.11 bits per heavy atom. The number of aliphatic hydroxyl groups excluding tert-OH is 1. The Morgan fingerprint density at radius 2 is 1.59 bits per heavy atom. The van der Waals surface area contributed by atoms with Crippen LogP contribution in [-0.4, -0.2) is 76.7 Å². The van der Waals surface area contributed by atoms with Gasteiger partial charge in [0.15, 0.2) is 0 Å². The van der Waals surface area contributed by atoms with E-state index in [1.54, 1.807) is 18.3 Å². The van der Waals surface area contributed by atoms with Crippen LogP contribution < -0.4 is 21.3 Å². The third-order valence-corrected chi connectivity index (χ3v) is 8.84. The van der Waals surface area contributed by atoms with E-state index in [2.05, 4.69) is 26.3 Å². The Kier molecular flexibility index (Phi) is 17.9. The molecule has 0 bridgehead atoms. The summed E-state index contributed by atoms with van der Waals surface area (Å²) in [5, 5.41) is 23.4. The van der Waals surface area contributed by atoms with E-state index in [4.69, 9.17) is 4.74 Å². The smallest absolute Gasteiger partial charge is 0.408 e. The van der Waals surface area contributed by atoms with Gasteiger partial charge < -0.3 is 31.1 Å². The molecule has 1 heterocycles. The molecule has 0 aliphatic rings. The lowest BCUT2D eigenvalue weighted by atomic mass is 9.91. The van der Waals surface area contributed by atoms with Crippen LogP contribution in [0.3, 0.4) is 0 Å². The quantitative estimate of drug-likeness (QED) is 0.150. The Morgan fingerprint density at radius 1 is 0.932 bits per heavy atom. The predicted molar refractivity (Wildman–Crippen MR) is 178 cm³/mol. The zero-order chi connectivity index (χ0) is 33.6. The number of amides is 4. The van der Waals surface area contributed by atoms with Gasteiger partial charge in [0.1, 0.15) is 18.7 Å². The largest absolute Gasteiger partial charge is 0.443 e. The number of hydrogen-bond donors (Lipinski definition) is 5. The van der Waals surface area contributed by atoms with Gasteiger partial charge in [-0.25, -0.2) is 9.78 Å². The van der Waals surface area contributed by atoms with Gasteiger partial charge in [-0.2, -0.15) is 11.8 Å². The first-order chi connectivity index (χ1) is 20.6. The average molecular weight is 658 g/mol. The third-order valence-electron chi connectivity index (χ3n) is 7.01. The van der Waals surface area contributed by atoms with Gasteiger partial charge >= 0.3 is 6.09 Å². The zero-order valence-electron chi connectivity index (χ0n) is 28.1. The summed E-state index contributed by atoms with van der Waals surface area (Å²) >= 11 is 2.96. The minimum absolute atomic E-state index is 0.00741. The number of hydrogen-bond acceptors (Lipinski definition) is 9. The topological polar surface area (TPSA) is 159 Å². The lowest BCUT2D eigenvalue weighted by Crippen LogP contribution is -2.54. The Labute approximate surface area is 271 Å². The van der Waals surface area contributed by atoms with Gasteiger partial charge in [-0.3, -0.25) is 14.4 Å². The molecule has 252 valence electrons. The SMILES string of the molecule is CCc1nc(COC(=O)N[C@@H](CSC)C(=O)N[C@H](CC(C)C)[C@@H](O)C[C@@H](C)C(=O)N[C@@H](C(=O)NCC(C)C)C(C)C)c(C)s1. The minimum atomic E-state index is -1.03. The lowest BCUT2D eigenvalue weighted by molar-refractivity contribution is -0.132. The molecule has 1 aromatic heterocycles. The van der Waals surface area contributed by atoms with E-state index in [9.17, 15) is 24.3 Å². The van der Waals surface area contributed by atoms with Gasteiger partial charge in [-0.05, 0) is 50.2 Å². The molecule has 0 aromatic carbocycles. The van der Waals surface area contributed by atoms with Crippen LogP contribution in [0.4, 0.5) is 4.79 Å². The molecule has 4 amide bonds. The molecule has 1 rings (SSSR count). The van der Waals surface area contributed by atoms with Gasteiger partial charge in [-0.1, -0.05) is 55.4 Å². The molecule has 0 fully saturated rings. The molecular formula is C31H55N5O6S2. The van der Waals surface area contributed by atoms with Crippen molar-refractivity contribution < 1.29 is 29.0 Å². The van der Waals surface area contributed by atoms with E-state index >= 15 is 0 Å². The van der Waals surface area contributed by atoms with Crippen molar-refractivity contribution >= 4 is 46.9 Å². The maximum Gasteiger partial charge on any atom is 0.408 e. The molecule has 0 aliphatic carbocycles. The molecule has 0 saturated carbocycles. The second kappa shape index (κ2) is 19.9. The average Bonchev–Trinajstić information content (AvgIpc) is 3.31. The van der Waals surface area contributed by atoms with Crippen molar-refractivity contribution in [3.8, 4) is 0 Å². The highest BCUT2D eigenvalue weighted by atomic mass is 32.2. The second-order valence-corrected chi connectivity index (χ2v) is 14.7. The van der Waals surface area contributed by atoms with Crippen molar-refractivity contribution in [3.63, 3.8) is 0 Å². The molecule has 0 radical (unpaired) electrons. The zero-order valence-corrected chi connectivity index (χ0v) is 29.7. The van der Waals surface area contributed by atoms with Gasteiger partial charge in [0.2, 0.25) is 17.7 Å². The summed E-state index contributed by atoms with van der Waals surface area (Å²) in [5.41, 5.74) is 0.696. The predicted octanol–water partition coefficient (Wildman–Crippen LogP) is 3.80. The number of alkyl carbamates (subject to hydrolysis) is 1. The fourth-order valence-electron chi connectivity index (χ4n) is 4.42. The monoisotopic (exact) mass is 657 g/mol. The molecular weight excluding hydrogens is 603 g/mol. The summed E-state index contributed by atoms with van der Waals surface area (Å²) in [5.74, 6) is -1.05. The van der Waals surface area contributed by atoms with Gasteiger partial charge in [0, 0.05) is 23.1 Å². The fourth-order valence-corrected chi connectivity index (χ4v) is 5.87. The highest BCUT2D eigenvalue weighted by Gasteiger charge is 2.31. The molecule has 1 aromatic rings. The van der Waals surface area contributed by atoms with E-state index < -0.39 is 42.1 Å². The second-order valence-electron chi connectivity index (χ2n) is 12.5. The number of nitrogens with one attached hydrogen (secondary N) is 4. The number of thiazole rings is 1. The standard InChI is InChI=1S/C31H55N5O6S2/c1-11-26-33-23(21(9)44-26)15-42-31(41)35-24(16-43-10)29(39)34-22(12-17(2)3)25(37)13-20(8)28(38)36-27(19(6)7)30(40)32-14-18(4)5/h17-20,22,24-25,27,37H,11-16H2,1-10H3,(H,32,40)(H,34,39)(H,35,41)(H,36,38)/t20-,22-,24+,25+,27-/m1/s1. The first-order valence-electron chi connectivity index (χ1n) is 15.5. The van der Waals surface area contributed by atoms with Crippen molar-refractivity contribution in [1.29, 1.82) is 0 Å². The number of ether oxygens (including phenoxy) is 1. The molecule has 5 atom stereocenters. The van der Waals surface area contributed by atoms with E-state index in [0.717, 1.165) is 16.3 Å². The number of aryl methyl sites for hydroxylation is 2. The Bertz CT molecular complexity index is 1060. The van der Waals surface area contributed by atoms with Crippen LogP contribution in [0.1, 0.15) is 83.8 Å². The van der Waals surface area contributed by atoms with Crippen molar-refractivity contribution in [2.24, 2.45) is 23.7 Å². The molecule has 5 N–H and O–H groups in total. The molecule has 13 heteroatoms. The van der Waals surface area contributed by atoms with Crippen molar-refractivity contribution in [2.45, 2.75) is 112 Å². The van der Waals surface area contributed by atoms with Crippen LogP contribution in [0.2, 0.25) is 0 Å². The highest BCUT2D eigenvalue weighted by Crippen LogP contribution is 2.19. The van der Waals surface area contributed by atoms with Gasteiger partial charge in [0.25, 0.3) is 0 Å². The number of thioether (sulfide) groups is 1. The van der Waals surface area contributed by atoms with Crippen LogP contribution in [0.25, 0.3) is 0 Å². The van der Waals surface area contributed by atoms with Crippen LogP contribution in [0.5, 0.6) is 0 Å². The van der Waals surface area contributed by atoms with Crippen LogP contribution in [0, 0.1) is 30.6 Å². The number of nitrogens with zero attached hydrogens (tertiary/aromatic N) is 1. The fraction of sp³-hybridized carbons (Fsp3) is 0.774. The van der Waals surface area contributed by atoms with E-state index in [-0.39, 0.29) is 42.6 Å². The van der Waals surface area contributed by atoms with Crippen LogP contribution >= 0.6 is 23.1 Å². The Balaban J connectivity index is 2.86. The molecule has 44 heavy (non-hydrogen) atoms. The van der Waals surface area contributed by atoms with Gasteiger partial charge in [0.05, 0.1) is 22.8 Å². The lowest BCUT2D eigenvalue weighted by Gasteiger charge is -2.30.